The molecule has 0 saturated heterocycles. The zero-order valence-electron chi connectivity index (χ0n) is 9.05. The van der Waals surface area contributed by atoms with Crippen molar-refractivity contribution < 1.29 is 0 Å². The number of halogens is 1. The molecule has 1 rings (SSSR count). The number of hydrogen-bond donors (Lipinski definition) is 0. The Bertz CT molecular complexity index is 299. The first-order chi connectivity index (χ1) is 6.65. The van der Waals surface area contributed by atoms with Gasteiger partial charge < -0.3 is 0 Å². The summed E-state index contributed by atoms with van der Waals surface area (Å²) in [5.74, 6) is 0.671. The molecule has 0 N–H and O–H groups in total. The second-order valence-electron chi connectivity index (χ2n) is 3.83. The molecule has 0 aromatic carbocycles. The van der Waals surface area contributed by atoms with Gasteiger partial charge in [-0.2, -0.15) is 0 Å². The van der Waals surface area contributed by atoms with Gasteiger partial charge in [-0.1, -0.05) is 38.3 Å². The second-order valence-corrected chi connectivity index (χ2v) is 4.19. The van der Waals surface area contributed by atoms with E-state index in [1.165, 1.54) is 12.8 Å². The van der Waals surface area contributed by atoms with Gasteiger partial charge in [0.25, 0.3) is 0 Å². The first kappa shape index (κ1) is 11.4. The average molecular weight is 213 g/mol. The van der Waals surface area contributed by atoms with Crippen molar-refractivity contribution in [1.82, 2.24) is 9.97 Å². The maximum absolute atomic E-state index is 5.92. The van der Waals surface area contributed by atoms with Gasteiger partial charge in [0.1, 0.15) is 11.5 Å². The Morgan fingerprint density at radius 3 is 2.79 bits per heavy atom. The van der Waals surface area contributed by atoms with Crippen LogP contribution in [0.25, 0.3) is 0 Å². The van der Waals surface area contributed by atoms with E-state index in [2.05, 4.69) is 23.8 Å². The van der Waals surface area contributed by atoms with Crippen LogP contribution in [0.1, 0.15) is 37.9 Å². The Balaban J connectivity index is 2.71. The lowest BCUT2D eigenvalue weighted by Crippen LogP contribution is -2.04. The lowest BCUT2D eigenvalue weighted by atomic mass is 9.98. The number of rotatable bonds is 4. The summed E-state index contributed by atoms with van der Waals surface area (Å²) in [4.78, 5) is 8.21. The van der Waals surface area contributed by atoms with Crippen LogP contribution in [0.4, 0.5) is 0 Å². The van der Waals surface area contributed by atoms with Crippen molar-refractivity contribution in [2.75, 3.05) is 0 Å². The van der Waals surface area contributed by atoms with Crippen molar-refractivity contribution in [3.8, 4) is 0 Å². The topological polar surface area (TPSA) is 25.8 Å². The zero-order valence-corrected chi connectivity index (χ0v) is 9.80. The maximum Gasteiger partial charge on any atom is 0.135 e. The first-order valence-electron chi connectivity index (χ1n) is 5.11. The summed E-state index contributed by atoms with van der Waals surface area (Å²) in [6.07, 6.45) is 5.01. The maximum atomic E-state index is 5.92. The minimum Gasteiger partial charge on any atom is -0.241 e. The highest BCUT2D eigenvalue weighted by atomic mass is 35.5. The molecule has 0 amide bonds. The predicted octanol–water partition coefficient (Wildman–Crippen LogP) is 3.42. The average Bonchev–Trinajstić information content (AvgIpc) is 2.13. The number of hydrogen-bond acceptors (Lipinski definition) is 2. The fourth-order valence-corrected chi connectivity index (χ4v) is 1.75. The second kappa shape index (κ2) is 5.30. The molecule has 1 heterocycles. The lowest BCUT2D eigenvalue weighted by molar-refractivity contribution is 0.514. The van der Waals surface area contributed by atoms with Crippen molar-refractivity contribution in [3.63, 3.8) is 0 Å². The summed E-state index contributed by atoms with van der Waals surface area (Å²) in [5, 5.41) is 0.582. The van der Waals surface area contributed by atoms with E-state index >= 15 is 0 Å². The van der Waals surface area contributed by atoms with Gasteiger partial charge in [0.15, 0.2) is 0 Å². The van der Waals surface area contributed by atoms with Crippen LogP contribution in [0.3, 0.4) is 0 Å². The van der Waals surface area contributed by atoms with Crippen molar-refractivity contribution in [2.24, 2.45) is 5.92 Å². The van der Waals surface area contributed by atoms with Crippen molar-refractivity contribution in [2.45, 2.75) is 40.0 Å². The number of aromatic nitrogens is 2. The quantitative estimate of drug-likeness (QED) is 0.715. The third-order valence-electron chi connectivity index (χ3n) is 2.45. The van der Waals surface area contributed by atoms with Crippen LogP contribution in [-0.4, -0.2) is 9.97 Å². The van der Waals surface area contributed by atoms with Gasteiger partial charge in [0.05, 0.1) is 0 Å². The minimum atomic E-state index is 0.582. The van der Waals surface area contributed by atoms with E-state index in [4.69, 9.17) is 11.6 Å². The zero-order chi connectivity index (χ0) is 10.6. The Morgan fingerprint density at radius 1 is 1.43 bits per heavy atom. The summed E-state index contributed by atoms with van der Waals surface area (Å²) in [6.45, 7) is 6.44. The van der Waals surface area contributed by atoms with Crippen LogP contribution in [-0.2, 0) is 6.42 Å². The Hall–Kier alpha value is -0.630. The van der Waals surface area contributed by atoms with Gasteiger partial charge >= 0.3 is 0 Å². The van der Waals surface area contributed by atoms with E-state index in [1.54, 1.807) is 6.33 Å². The van der Waals surface area contributed by atoms with E-state index in [9.17, 15) is 0 Å². The molecular weight excluding hydrogens is 196 g/mol. The third-order valence-corrected chi connectivity index (χ3v) is 2.83. The molecule has 3 heteroatoms. The fraction of sp³-hybridized carbons (Fsp3) is 0.636. The van der Waals surface area contributed by atoms with E-state index in [0.29, 0.717) is 11.1 Å². The van der Waals surface area contributed by atoms with Gasteiger partial charge in [0.2, 0.25) is 0 Å². The van der Waals surface area contributed by atoms with Gasteiger partial charge in [0, 0.05) is 11.3 Å². The monoisotopic (exact) mass is 212 g/mol. The van der Waals surface area contributed by atoms with Gasteiger partial charge in [-0.05, 0) is 19.3 Å². The largest absolute Gasteiger partial charge is 0.241 e. The molecule has 1 aromatic rings. The van der Waals surface area contributed by atoms with Crippen LogP contribution in [0.5, 0.6) is 0 Å². The van der Waals surface area contributed by atoms with Gasteiger partial charge in [-0.3, -0.25) is 0 Å². The highest BCUT2D eigenvalue weighted by molar-refractivity contribution is 6.30. The van der Waals surface area contributed by atoms with Crippen molar-refractivity contribution in [3.05, 3.63) is 22.7 Å². The molecule has 1 atom stereocenters. The SMILES string of the molecule is CCCC(C)Cc1ncnc(Cl)c1C. The predicted molar refractivity (Wildman–Crippen MR) is 59.6 cm³/mol. The Labute approximate surface area is 90.7 Å². The molecule has 0 radical (unpaired) electrons. The molecule has 1 aromatic heterocycles. The molecule has 14 heavy (non-hydrogen) atoms. The summed E-state index contributed by atoms with van der Waals surface area (Å²) in [5.41, 5.74) is 2.11. The van der Waals surface area contributed by atoms with E-state index in [0.717, 1.165) is 17.7 Å². The summed E-state index contributed by atoms with van der Waals surface area (Å²) < 4.78 is 0. The molecule has 2 nitrogen and oxygen atoms in total. The van der Waals surface area contributed by atoms with E-state index < -0.39 is 0 Å². The molecule has 78 valence electrons. The fourth-order valence-electron chi connectivity index (χ4n) is 1.59. The van der Waals surface area contributed by atoms with Crippen molar-refractivity contribution in [1.29, 1.82) is 0 Å². The molecule has 0 fully saturated rings. The highest BCUT2D eigenvalue weighted by Gasteiger charge is 2.08. The van der Waals surface area contributed by atoms with Gasteiger partial charge in [-0.25, -0.2) is 9.97 Å². The van der Waals surface area contributed by atoms with Crippen LogP contribution >= 0.6 is 11.6 Å². The smallest absolute Gasteiger partial charge is 0.135 e. The molecule has 0 aliphatic heterocycles. The highest BCUT2D eigenvalue weighted by Crippen LogP contribution is 2.18. The lowest BCUT2D eigenvalue weighted by Gasteiger charge is -2.11. The molecule has 0 aliphatic carbocycles. The number of nitrogens with zero attached hydrogens (tertiary/aromatic N) is 2. The summed E-state index contributed by atoms with van der Waals surface area (Å²) in [6, 6.07) is 0. The standard InChI is InChI=1S/C11H17ClN2/c1-4-5-8(2)6-10-9(3)11(12)14-7-13-10/h7-8H,4-6H2,1-3H3. The van der Waals surface area contributed by atoms with Gasteiger partial charge in [-0.15, -0.1) is 0 Å². The van der Waals surface area contributed by atoms with Crippen molar-refractivity contribution >= 4 is 11.6 Å². The molecule has 0 spiro atoms. The Morgan fingerprint density at radius 2 is 2.14 bits per heavy atom. The van der Waals surface area contributed by atoms with E-state index in [1.807, 2.05) is 6.92 Å². The summed E-state index contributed by atoms with van der Waals surface area (Å²) >= 11 is 5.92. The van der Waals surface area contributed by atoms with Crippen LogP contribution < -0.4 is 0 Å². The van der Waals surface area contributed by atoms with Crippen LogP contribution in [0, 0.1) is 12.8 Å². The molecule has 0 saturated carbocycles. The van der Waals surface area contributed by atoms with Crippen LogP contribution in [0.15, 0.2) is 6.33 Å². The summed E-state index contributed by atoms with van der Waals surface area (Å²) in [7, 11) is 0. The third kappa shape index (κ3) is 2.95. The Kier molecular flexibility index (Phi) is 4.33. The van der Waals surface area contributed by atoms with E-state index in [-0.39, 0.29) is 0 Å². The minimum absolute atomic E-state index is 0.582. The normalized spacial score (nSPS) is 12.9. The molecule has 0 bridgehead atoms. The van der Waals surface area contributed by atoms with Crippen LogP contribution in [0.2, 0.25) is 5.15 Å². The first-order valence-corrected chi connectivity index (χ1v) is 5.49. The molecular formula is C11H17ClN2. The molecule has 1 unspecified atom stereocenters. The molecule has 0 aliphatic rings.